The van der Waals surface area contributed by atoms with Crippen molar-refractivity contribution in [3.8, 4) is 5.69 Å². The third-order valence-electron chi connectivity index (χ3n) is 3.91. The summed E-state index contributed by atoms with van der Waals surface area (Å²) in [6.45, 7) is 0. The number of carbonyl (C=O) groups excluding carboxylic acids is 1. The molecule has 0 bridgehead atoms. The molecule has 1 aromatic carbocycles. The number of benzene rings is 1. The molecule has 1 fully saturated rings. The molecule has 6 nitrogen and oxygen atoms in total. The number of amides is 1. The van der Waals surface area contributed by atoms with Crippen molar-refractivity contribution in [2.75, 3.05) is 18.6 Å². The van der Waals surface area contributed by atoms with E-state index in [1.54, 1.807) is 24.0 Å². The Morgan fingerprint density at radius 2 is 2.00 bits per heavy atom. The molecule has 22 heavy (non-hydrogen) atoms. The quantitative estimate of drug-likeness (QED) is 0.850. The lowest BCUT2D eigenvalue weighted by Crippen LogP contribution is -2.38. The molecule has 1 amide bonds. The van der Waals surface area contributed by atoms with E-state index in [1.165, 1.54) is 4.90 Å². The molecule has 1 aromatic heterocycles. The lowest BCUT2D eigenvalue weighted by molar-refractivity contribution is 0.0741. The molecular weight excluding hydrogens is 302 g/mol. The molecule has 1 unspecified atom stereocenters. The van der Waals surface area contributed by atoms with E-state index in [2.05, 4.69) is 5.10 Å². The van der Waals surface area contributed by atoms with Crippen LogP contribution >= 0.6 is 0 Å². The number of para-hydroxylation sites is 1. The van der Waals surface area contributed by atoms with Crippen LogP contribution in [0.25, 0.3) is 5.69 Å². The number of hydrogen-bond donors (Lipinski definition) is 0. The Kier molecular flexibility index (Phi) is 3.74. The zero-order valence-corrected chi connectivity index (χ0v) is 13.0. The van der Waals surface area contributed by atoms with Crippen molar-refractivity contribution in [1.82, 2.24) is 14.7 Å². The average Bonchev–Trinajstić information content (AvgIpc) is 3.13. The summed E-state index contributed by atoms with van der Waals surface area (Å²) in [6.07, 6.45) is 2.21. The number of nitrogens with zero attached hydrogens (tertiary/aromatic N) is 3. The summed E-state index contributed by atoms with van der Waals surface area (Å²) in [4.78, 5) is 13.9. The van der Waals surface area contributed by atoms with Gasteiger partial charge in [-0.1, -0.05) is 18.2 Å². The molecule has 0 spiro atoms. The van der Waals surface area contributed by atoms with Gasteiger partial charge in [0.25, 0.3) is 5.91 Å². The van der Waals surface area contributed by atoms with Gasteiger partial charge in [-0.05, 0) is 24.6 Å². The highest BCUT2D eigenvalue weighted by molar-refractivity contribution is 7.91. The van der Waals surface area contributed by atoms with Crippen molar-refractivity contribution in [3.05, 3.63) is 48.3 Å². The number of carbonyl (C=O) groups is 1. The van der Waals surface area contributed by atoms with Crippen LogP contribution in [0.3, 0.4) is 0 Å². The highest BCUT2D eigenvalue weighted by atomic mass is 32.2. The fourth-order valence-corrected chi connectivity index (χ4v) is 4.36. The summed E-state index contributed by atoms with van der Waals surface area (Å²) in [5, 5.41) is 4.29. The number of aromatic nitrogens is 2. The Labute approximate surface area is 129 Å². The van der Waals surface area contributed by atoms with Gasteiger partial charge in [0, 0.05) is 19.3 Å². The second-order valence-electron chi connectivity index (χ2n) is 5.45. The van der Waals surface area contributed by atoms with E-state index in [1.807, 2.05) is 30.3 Å². The van der Waals surface area contributed by atoms with Crippen LogP contribution in [0.1, 0.15) is 16.9 Å². The second-order valence-corrected chi connectivity index (χ2v) is 7.68. The highest BCUT2D eigenvalue weighted by Gasteiger charge is 2.33. The normalized spacial score (nSPS) is 20.0. The first-order valence-electron chi connectivity index (χ1n) is 7.05. The largest absolute Gasteiger partial charge is 0.336 e. The lowest BCUT2D eigenvalue weighted by atomic mass is 10.2. The minimum atomic E-state index is -3.01. The van der Waals surface area contributed by atoms with Crippen LogP contribution in [0.5, 0.6) is 0 Å². The van der Waals surface area contributed by atoms with Crippen LogP contribution in [0.15, 0.2) is 42.6 Å². The Morgan fingerprint density at radius 3 is 2.64 bits per heavy atom. The van der Waals surface area contributed by atoms with Crippen LogP contribution in [-0.2, 0) is 9.84 Å². The van der Waals surface area contributed by atoms with Crippen molar-refractivity contribution >= 4 is 15.7 Å². The van der Waals surface area contributed by atoms with Gasteiger partial charge in [-0.15, -0.1) is 0 Å². The number of sulfone groups is 1. The zero-order valence-electron chi connectivity index (χ0n) is 12.2. The van der Waals surface area contributed by atoms with Crippen LogP contribution in [-0.4, -0.2) is 53.6 Å². The van der Waals surface area contributed by atoms with Gasteiger partial charge >= 0.3 is 0 Å². The molecule has 0 saturated carbocycles. The van der Waals surface area contributed by atoms with Gasteiger partial charge in [0.15, 0.2) is 15.5 Å². The third kappa shape index (κ3) is 2.89. The van der Waals surface area contributed by atoms with Gasteiger partial charge in [-0.2, -0.15) is 5.10 Å². The molecule has 1 aliphatic rings. The van der Waals surface area contributed by atoms with Crippen LogP contribution in [0.4, 0.5) is 0 Å². The summed E-state index contributed by atoms with van der Waals surface area (Å²) in [5.74, 6) is -0.0701. The van der Waals surface area contributed by atoms with E-state index in [0.717, 1.165) is 5.69 Å². The molecule has 2 aromatic rings. The van der Waals surface area contributed by atoms with Crippen molar-refractivity contribution in [2.24, 2.45) is 0 Å². The van der Waals surface area contributed by atoms with Crippen LogP contribution in [0.2, 0.25) is 0 Å². The SMILES string of the molecule is CN(C(=O)c1ccn(-c2ccccc2)n1)C1CCS(=O)(=O)C1. The van der Waals surface area contributed by atoms with E-state index in [9.17, 15) is 13.2 Å². The molecular formula is C15H17N3O3S. The van der Waals surface area contributed by atoms with Gasteiger partial charge in [-0.25, -0.2) is 13.1 Å². The maximum atomic E-state index is 12.4. The molecule has 1 aliphatic heterocycles. The molecule has 2 heterocycles. The topological polar surface area (TPSA) is 72.3 Å². The maximum Gasteiger partial charge on any atom is 0.274 e. The monoisotopic (exact) mass is 319 g/mol. The first kappa shape index (κ1) is 14.8. The summed E-state index contributed by atoms with van der Waals surface area (Å²) < 4.78 is 24.7. The summed E-state index contributed by atoms with van der Waals surface area (Å²) in [5.41, 5.74) is 1.18. The van der Waals surface area contributed by atoms with Crippen molar-refractivity contribution in [1.29, 1.82) is 0 Å². The molecule has 7 heteroatoms. The van der Waals surface area contributed by atoms with Crippen molar-refractivity contribution in [3.63, 3.8) is 0 Å². The first-order valence-corrected chi connectivity index (χ1v) is 8.87. The summed E-state index contributed by atoms with van der Waals surface area (Å²) >= 11 is 0. The lowest BCUT2D eigenvalue weighted by Gasteiger charge is -2.22. The van der Waals surface area contributed by atoms with Gasteiger partial charge in [0.2, 0.25) is 0 Å². The Balaban J connectivity index is 1.77. The molecule has 0 aliphatic carbocycles. The second kappa shape index (κ2) is 5.57. The number of rotatable bonds is 3. The summed E-state index contributed by atoms with van der Waals surface area (Å²) in [7, 11) is -1.38. The van der Waals surface area contributed by atoms with Gasteiger partial charge in [-0.3, -0.25) is 4.79 Å². The van der Waals surface area contributed by atoms with E-state index >= 15 is 0 Å². The molecule has 1 atom stereocenters. The molecule has 0 radical (unpaired) electrons. The van der Waals surface area contributed by atoms with E-state index in [-0.39, 0.29) is 23.5 Å². The maximum absolute atomic E-state index is 12.4. The molecule has 3 rings (SSSR count). The number of hydrogen-bond acceptors (Lipinski definition) is 4. The van der Waals surface area contributed by atoms with Crippen LogP contribution in [0, 0.1) is 0 Å². The predicted molar refractivity (Wildman–Crippen MR) is 82.7 cm³/mol. The van der Waals surface area contributed by atoms with Gasteiger partial charge in [0.1, 0.15) is 0 Å². The molecule has 1 saturated heterocycles. The fraction of sp³-hybridized carbons (Fsp3) is 0.333. The van der Waals surface area contributed by atoms with E-state index < -0.39 is 9.84 Å². The van der Waals surface area contributed by atoms with Crippen molar-refractivity contribution < 1.29 is 13.2 Å². The summed E-state index contributed by atoms with van der Waals surface area (Å²) in [6, 6.07) is 10.9. The molecule has 0 N–H and O–H groups in total. The predicted octanol–water partition coefficient (Wildman–Crippen LogP) is 1.13. The minimum absolute atomic E-state index is 0.0363. The Morgan fingerprint density at radius 1 is 1.27 bits per heavy atom. The van der Waals surface area contributed by atoms with Gasteiger partial charge < -0.3 is 4.90 Å². The average molecular weight is 319 g/mol. The van der Waals surface area contributed by atoms with Crippen molar-refractivity contribution in [2.45, 2.75) is 12.5 Å². The first-order chi connectivity index (χ1) is 10.5. The van der Waals surface area contributed by atoms with Crippen LogP contribution < -0.4 is 0 Å². The third-order valence-corrected chi connectivity index (χ3v) is 5.66. The highest BCUT2D eigenvalue weighted by Crippen LogP contribution is 2.18. The van der Waals surface area contributed by atoms with E-state index in [0.29, 0.717) is 12.1 Å². The smallest absolute Gasteiger partial charge is 0.274 e. The van der Waals surface area contributed by atoms with Gasteiger partial charge in [0.05, 0.1) is 17.2 Å². The zero-order chi connectivity index (χ0) is 15.7. The fourth-order valence-electron chi connectivity index (χ4n) is 2.59. The molecule has 116 valence electrons. The minimum Gasteiger partial charge on any atom is -0.336 e. The van der Waals surface area contributed by atoms with E-state index in [4.69, 9.17) is 0 Å². The Bertz CT molecular complexity index is 783. The standard InChI is InChI=1S/C15H17N3O3S/c1-17(13-8-10-22(20,21)11-13)15(19)14-7-9-18(16-14)12-5-3-2-4-6-12/h2-7,9,13H,8,10-11H2,1H3. The Hall–Kier alpha value is -2.15.